The van der Waals surface area contributed by atoms with E-state index in [2.05, 4.69) is 20.4 Å². The van der Waals surface area contributed by atoms with E-state index in [1.165, 1.54) is 7.11 Å². The largest absolute Gasteiger partial charge is 0.511 e. The van der Waals surface area contributed by atoms with Crippen LogP contribution in [0.25, 0.3) is 0 Å². The van der Waals surface area contributed by atoms with Gasteiger partial charge >= 0.3 is 21.5 Å². The van der Waals surface area contributed by atoms with Gasteiger partial charge < -0.3 is 15.4 Å². The van der Waals surface area contributed by atoms with Crippen LogP contribution in [0.2, 0.25) is 0 Å². The van der Waals surface area contributed by atoms with Gasteiger partial charge in [0.25, 0.3) is 0 Å². The lowest BCUT2D eigenvalue weighted by molar-refractivity contribution is -0.144. The molecule has 1 heterocycles. The lowest BCUT2D eigenvalue weighted by Gasteiger charge is -2.32. The molecule has 0 aliphatic carbocycles. The zero-order valence-corrected chi connectivity index (χ0v) is 18.5. The Morgan fingerprint density at radius 3 is 2.33 bits per heavy atom. The molecular formula is C14H26F3IN4O4S. The number of aliphatic imine (C=N–C) groups is 1. The molecule has 160 valence electrons. The fourth-order valence-electron chi connectivity index (χ4n) is 2.40. The number of guanidine groups is 1. The molecule has 27 heavy (non-hydrogen) atoms. The van der Waals surface area contributed by atoms with Gasteiger partial charge in [-0.05, 0) is 19.8 Å². The topological polar surface area (TPSA) is 100 Å². The van der Waals surface area contributed by atoms with Gasteiger partial charge in [-0.15, -0.1) is 24.0 Å². The van der Waals surface area contributed by atoms with Gasteiger partial charge in [0.2, 0.25) is 0 Å². The van der Waals surface area contributed by atoms with Crippen molar-refractivity contribution in [1.29, 1.82) is 0 Å². The van der Waals surface area contributed by atoms with E-state index < -0.39 is 27.4 Å². The third kappa shape index (κ3) is 7.60. The molecule has 0 spiro atoms. The minimum Gasteiger partial charge on any atom is -0.469 e. The van der Waals surface area contributed by atoms with Crippen molar-refractivity contribution in [2.75, 3.05) is 33.3 Å². The van der Waals surface area contributed by atoms with E-state index in [0.717, 1.165) is 0 Å². The van der Waals surface area contributed by atoms with Crippen LogP contribution in [0.3, 0.4) is 0 Å². The summed E-state index contributed by atoms with van der Waals surface area (Å²) in [6.07, 6.45) is 0.429. The van der Waals surface area contributed by atoms with Crippen LogP contribution < -0.4 is 10.6 Å². The number of hydrogen-bond donors (Lipinski definition) is 2. The number of carbonyl (C=O) groups is 1. The van der Waals surface area contributed by atoms with Crippen molar-refractivity contribution in [3.05, 3.63) is 0 Å². The molecule has 2 N–H and O–H groups in total. The molecule has 13 heteroatoms. The number of methoxy groups -OCH3 is 1. The van der Waals surface area contributed by atoms with E-state index in [1.54, 1.807) is 6.92 Å². The van der Waals surface area contributed by atoms with Crippen LogP contribution in [0, 0.1) is 5.92 Å². The minimum absolute atomic E-state index is 0. The molecule has 0 radical (unpaired) electrons. The second-order valence-electron chi connectivity index (χ2n) is 5.91. The van der Waals surface area contributed by atoms with Gasteiger partial charge in [0.05, 0.1) is 19.6 Å². The van der Waals surface area contributed by atoms with E-state index in [4.69, 9.17) is 0 Å². The van der Waals surface area contributed by atoms with Crippen LogP contribution in [0.5, 0.6) is 0 Å². The molecule has 1 aliphatic heterocycles. The van der Waals surface area contributed by atoms with Gasteiger partial charge in [0, 0.05) is 25.7 Å². The quantitative estimate of drug-likeness (QED) is 0.233. The van der Waals surface area contributed by atoms with Gasteiger partial charge in [-0.1, -0.05) is 6.92 Å². The number of carbonyl (C=O) groups excluding carboxylic acids is 1. The molecule has 0 aromatic rings. The molecule has 1 aliphatic rings. The highest BCUT2D eigenvalue weighted by molar-refractivity contribution is 14.0. The average Bonchev–Trinajstić information content (AvgIpc) is 2.58. The number of nitrogens with one attached hydrogen (secondary N) is 2. The van der Waals surface area contributed by atoms with Crippen molar-refractivity contribution >= 4 is 45.9 Å². The second kappa shape index (κ2) is 11.2. The molecule has 0 amide bonds. The fourth-order valence-corrected chi connectivity index (χ4v) is 3.39. The highest BCUT2D eigenvalue weighted by Gasteiger charge is 2.50. The van der Waals surface area contributed by atoms with Crippen molar-refractivity contribution in [3.8, 4) is 0 Å². The first-order valence-corrected chi connectivity index (χ1v) is 9.66. The Hall–Kier alpha value is -0.830. The summed E-state index contributed by atoms with van der Waals surface area (Å²) in [5, 5.41) is 6.05. The maximum atomic E-state index is 12.6. The number of rotatable bonds is 6. The minimum atomic E-state index is -5.29. The van der Waals surface area contributed by atoms with Crippen LogP contribution >= 0.6 is 24.0 Å². The number of alkyl halides is 3. The Morgan fingerprint density at radius 1 is 1.33 bits per heavy atom. The molecule has 1 atom stereocenters. The van der Waals surface area contributed by atoms with Gasteiger partial charge in [-0.25, -0.2) is 8.42 Å². The van der Waals surface area contributed by atoms with Crippen LogP contribution in [-0.2, 0) is 19.6 Å². The monoisotopic (exact) mass is 530 g/mol. The summed E-state index contributed by atoms with van der Waals surface area (Å²) >= 11 is 0. The summed E-state index contributed by atoms with van der Waals surface area (Å²) < 4.78 is 65.6. The first-order valence-electron chi connectivity index (χ1n) is 8.22. The molecule has 0 saturated carbocycles. The number of hydrogen-bond acceptors (Lipinski definition) is 5. The first-order chi connectivity index (χ1) is 12.0. The van der Waals surface area contributed by atoms with Crippen molar-refractivity contribution in [2.45, 2.75) is 38.2 Å². The summed E-state index contributed by atoms with van der Waals surface area (Å²) in [4.78, 5) is 15.7. The van der Waals surface area contributed by atoms with Gasteiger partial charge in [-0.2, -0.15) is 17.5 Å². The Kier molecular flexibility index (Phi) is 10.9. The Labute approximate surface area is 174 Å². The first kappa shape index (κ1) is 26.2. The molecule has 1 saturated heterocycles. The fraction of sp³-hybridized carbons (Fsp3) is 0.857. The Bertz CT molecular complexity index is 608. The Morgan fingerprint density at radius 2 is 1.89 bits per heavy atom. The van der Waals surface area contributed by atoms with Crippen molar-refractivity contribution in [3.63, 3.8) is 0 Å². The third-order valence-electron chi connectivity index (χ3n) is 3.90. The summed E-state index contributed by atoms with van der Waals surface area (Å²) in [5.41, 5.74) is -5.28. The molecule has 8 nitrogen and oxygen atoms in total. The molecule has 0 aromatic heterocycles. The van der Waals surface area contributed by atoms with E-state index in [1.807, 2.05) is 6.92 Å². The van der Waals surface area contributed by atoms with Crippen molar-refractivity contribution in [2.24, 2.45) is 10.9 Å². The van der Waals surface area contributed by atoms with Crippen LogP contribution in [0.1, 0.15) is 26.7 Å². The molecule has 0 aromatic carbocycles. The molecule has 1 unspecified atom stereocenters. The van der Waals surface area contributed by atoms with Crippen molar-refractivity contribution in [1.82, 2.24) is 14.9 Å². The summed E-state index contributed by atoms with van der Waals surface area (Å²) in [6.45, 7) is 3.80. The third-order valence-corrected chi connectivity index (χ3v) is 5.53. The van der Waals surface area contributed by atoms with Crippen molar-refractivity contribution < 1.29 is 31.1 Å². The SMILES string of the molecule is CCNC(=NCC(C)C(=O)OC)NC1CCN(S(=O)(=O)C(F)(F)F)CC1.I. The van der Waals surface area contributed by atoms with Crippen LogP contribution in [0.15, 0.2) is 4.99 Å². The maximum absolute atomic E-state index is 12.6. The average molecular weight is 530 g/mol. The predicted octanol–water partition coefficient (Wildman–Crippen LogP) is 1.28. The molecule has 1 rings (SSSR count). The summed E-state index contributed by atoms with van der Waals surface area (Å²) in [5.74, 6) is -0.412. The van der Waals surface area contributed by atoms with Gasteiger partial charge in [0.15, 0.2) is 5.96 Å². The number of piperidine rings is 1. The number of ether oxygens (including phenoxy) is 1. The smallest absolute Gasteiger partial charge is 0.469 e. The van der Waals surface area contributed by atoms with Gasteiger partial charge in [0.1, 0.15) is 0 Å². The molecule has 1 fully saturated rings. The van der Waals surface area contributed by atoms with E-state index in [0.29, 0.717) is 16.8 Å². The molecule has 0 bridgehead atoms. The zero-order valence-electron chi connectivity index (χ0n) is 15.4. The lowest BCUT2D eigenvalue weighted by atomic mass is 10.1. The number of esters is 1. The zero-order chi connectivity index (χ0) is 20.0. The summed E-state index contributed by atoms with van der Waals surface area (Å²) in [6, 6.07) is -0.221. The molecular weight excluding hydrogens is 504 g/mol. The number of nitrogens with zero attached hydrogens (tertiary/aromatic N) is 2. The Balaban J connectivity index is 0.00000676. The van der Waals surface area contributed by atoms with E-state index in [9.17, 15) is 26.4 Å². The van der Waals surface area contributed by atoms with Gasteiger partial charge in [-0.3, -0.25) is 9.79 Å². The maximum Gasteiger partial charge on any atom is 0.511 e. The number of sulfonamides is 1. The normalized spacial score (nSPS) is 18.4. The second-order valence-corrected chi connectivity index (χ2v) is 7.84. The van der Waals surface area contributed by atoms with Crippen LogP contribution in [-0.4, -0.2) is 69.5 Å². The highest BCUT2D eigenvalue weighted by atomic mass is 127. The summed E-state index contributed by atoms with van der Waals surface area (Å²) in [7, 11) is -4.00. The standard InChI is InChI=1S/C14H25F3N4O4S.HI/c1-4-18-13(19-9-10(2)12(22)25-3)20-11-5-7-21(8-6-11)26(23,24)14(15,16)17;/h10-11H,4-9H2,1-3H3,(H2,18,19,20);1H. The highest BCUT2D eigenvalue weighted by Crippen LogP contribution is 2.28. The predicted molar refractivity (Wildman–Crippen MR) is 105 cm³/mol. The number of halogens is 4. The lowest BCUT2D eigenvalue weighted by Crippen LogP contribution is -2.51. The van der Waals surface area contributed by atoms with Crippen LogP contribution in [0.4, 0.5) is 13.2 Å². The van der Waals surface area contributed by atoms with E-state index >= 15 is 0 Å². The van der Waals surface area contributed by atoms with E-state index in [-0.39, 0.29) is 62.5 Å².